The van der Waals surface area contributed by atoms with Crippen molar-refractivity contribution in [1.29, 1.82) is 0 Å². The molecule has 0 bridgehead atoms. The third-order valence-electron chi connectivity index (χ3n) is 3.09. The van der Waals surface area contributed by atoms with E-state index in [1.54, 1.807) is 6.92 Å². The van der Waals surface area contributed by atoms with E-state index in [1.807, 2.05) is 0 Å². The molecule has 1 rings (SSSR count). The van der Waals surface area contributed by atoms with Crippen molar-refractivity contribution in [1.82, 2.24) is 0 Å². The minimum atomic E-state index is -0.501. The van der Waals surface area contributed by atoms with Crippen molar-refractivity contribution in [3.8, 4) is 0 Å². The van der Waals surface area contributed by atoms with Gasteiger partial charge in [-0.1, -0.05) is 0 Å². The molecule has 0 atom stereocenters. The molecule has 1 aliphatic rings. The van der Waals surface area contributed by atoms with Gasteiger partial charge in [0.1, 0.15) is 6.10 Å². The van der Waals surface area contributed by atoms with Gasteiger partial charge in [0.15, 0.2) is 0 Å². The molecule has 0 radical (unpaired) electrons. The monoisotopic (exact) mass is 246 g/mol. The largest absolute Gasteiger partial charge is 0.466 e. The number of carbonyl (C=O) groups is 1. The summed E-state index contributed by atoms with van der Waals surface area (Å²) in [5, 5.41) is 17.8. The van der Waals surface area contributed by atoms with E-state index in [1.165, 1.54) is 0 Å². The van der Waals surface area contributed by atoms with Gasteiger partial charge in [0, 0.05) is 0 Å². The van der Waals surface area contributed by atoms with E-state index in [-0.39, 0.29) is 31.2 Å². The summed E-state index contributed by atoms with van der Waals surface area (Å²) in [5.41, 5.74) is 0. The number of aliphatic hydroxyl groups excluding tert-OH is 2. The summed E-state index contributed by atoms with van der Waals surface area (Å²) in [6, 6.07) is 0. The van der Waals surface area contributed by atoms with Crippen molar-refractivity contribution in [2.45, 2.75) is 44.8 Å². The fourth-order valence-corrected chi connectivity index (χ4v) is 2.11. The summed E-state index contributed by atoms with van der Waals surface area (Å²) in [5.74, 6) is -0.136. The zero-order valence-corrected chi connectivity index (χ0v) is 10.3. The van der Waals surface area contributed by atoms with Crippen LogP contribution in [0.3, 0.4) is 0 Å². The zero-order valence-electron chi connectivity index (χ0n) is 10.3. The molecule has 0 amide bonds. The molecule has 2 N–H and O–H groups in total. The normalized spacial score (nSPS) is 24.9. The second-order valence-corrected chi connectivity index (χ2v) is 4.35. The molecule has 0 aliphatic heterocycles. The standard InChI is InChI=1S/C12H22O5/c1-2-16-12(15)9-3-5-10(6-4-9)17-11(7-13)8-14/h9-11,13-14H,2-8H2,1H3. The lowest BCUT2D eigenvalue weighted by Crippen LogP contribution is -2.33. The Labute approximate surface area is 102 Å². The Morgan fingerprint density at radius 2 is 1.82 bits per heavy atom. The first-order valence-corrected chi connectivity index (χ1v) is 6.25. The summed E-state index contributed by atoms with van der Waals surface area (Å²) in [6.45, 7) is 1.88. The summed E-state index contributed by atoms with van der Waals surface area (Å²) in [4.78, 5) is 11.5. The fourth-order valence-electron chi connectivity index (χ4n) is 2.11. The van der Waals surface area contributed by atoms with Crippen molar-refractivity contribution in [2.75, 3.05) is 19.8 Å². The number of carbonyl (C=O) groups excluding carboxylic acids is 1. The zero-order chi connectivity index (χ0) is 12.7. The predicted molar refractivity (Wildman–Crippen MR) is 61.4 cm³/mol. The van der Waals surface area contributed by atoms with Crippen LogP contribution < -0.4 is 0 Å². The second-order valence-electron chi connectivity index (χ2n) is 4.35. The van der Waals surface area contributed by atoms with Gasteiger partial charge in [-0.05, 0) is 32.6 Å². The lowest BCUT2D eigenvalue weighted by atomic mass is 9.87. The Morgan fingerprint density at radius 1 is 1.24 bits per heavy atom. The first-order valence-electron chi connectivity index (χ1n) is 6.25. The molecule has 5 nitrogen and oxygen atoms in total. The maximum Gasteiger partial charge on any atom is 0.308 e. The molecular formula is C12H22O5. The highest BCUT2D eigenvalue weighted by Gasteiger charge is 2.28. The number of aliphatic hydroxyl groups is 2. The Morgan fingerprint density at radius 3 is 2.29 bits per heavy atom. The molecule has 100 valence electrons. The van der Waals surface area contributed by atoms with Gasteiger partial charge >= 0.3 is 5.97 Å². The smallest absolute Gasteiger partial charge is 0.308 e. The quantitative estimate of drug-likeness (QED) is 0.667. The van der Waals surface area contributed by atoms with Crippen LogP contribution in [0, 0.1) is 5.92 Å². The van der Waals surface area contributed by atoms with E-state index in [2.05, 4.69) is 0 Å². The summed E-state index contributed by atoms with van der Waals surface area (Å²) >= 11 is 0. The summed E-state index contributed by atoms with van der Waals surface area (Å²) < 4.78 is 10.5. The first-order chi connectivity index (χ1) is 8.21. The van der Waals surface area contributed by atoms with Crippen molar-refractivity contribution < 1.29 is 24.5 Å². The van der Waals surface area contributed by atoms with Crippen LogP contribution in [-0.4, -0.2) is 48.2 Å². The molecule has 0 heterocycles. The highest BCUT2D eigenvalue weighted by atomic mass is 16.5. The van der Waals surface area contributed by atoms with Crippen molar-refractivity contribution in [3.63, 3.8) is 0 Å². The van der Waals surface area contributed by atoms with E-state index in [9.17, 15) is 4.79 Å². The van der Waals surface area contributed by atoms with Gasteiger partial charge in [0.2, 0.25) is 0 Å². The summed E-state index contributed by atoms with van der Waals surface area (Å²) in [7, 11) is 0. The van der Waals surface area contributed by atoms with E-state index in [0.29, 0.717) is 6.61 Å². The van der Waals surface area contributed by atoms with Crippen LogP contribution in [0.15, 0.2) is 0 Å². The molecule has 5 heteroatoms. The molecule has 0 aromatic carbocycles. The second kappa shape index (κ2) is 7.63. The first kappa shape index (κ1) is 14.4. The number of hydrogen-bond donors (Lipinski definition) is 2. The van der Waals surface area contributed by atoms with Crippen LogP contribution in [0.25, 0.3) is 0 Å². The third kappa shape index (κ3) is 4.61. The van der Waals surface area contributed by atoms with Crippen molar-refractivity contribution >= 4 is 5.97 Å². The highest BCUT2D eigenvalue weighted by Crippen LogP contribution is 2.27. The van der Waals surface area contributed by atoms with Crippen LogP contribution in [0.2, 0.25) is 0 Å². The van der Waals surface area contributed by atoms with E-state index < -0.39 is 6.10 Å². The molecule has 1 saturated carbocycles. The fraction of sp³-hybridized carbons (Fsp3) is 0.917. The average molecular weight is 246 g/mol. The molecule has 0 aromatic heterocycles. The Kier molecular flexibility index (Phi) is 6.47. The van der Waals surface area contributed by atoms with Crippen LogP contribution >= 0.6 is 0 Å². The van der Waals surface area contributed by atoms with Gasteiger partial charge in [-0.25, -0.2) is 0 Å². The van der Waals surface area contributed by atoms with Crippen LogP contribution in [0.5, 0.6) is 0 Å². The molecule has 0 aromatic rings. The van der Waals surface area contributed by atoms with Crippen LogP contribution in [0.1, 0.15) is 32.6 Å². The highest BCUT2D eigenvalue weighted by molar-refractivity contribution is 5.72. The minimum absolute atomic E-state index is 0.0171. The lowest BCUT2D eigenvalue weighted by molar-refractivity contribution is -0.151. The maximum atomic E-state index is 11.5. The van der Waals surface area contributed by atoms with Gasteiger partial charge < -0.3 is 19.7 Å². The summed E-state index contributed by atoms with van der Waals surface area (Å²) in [6.07, 6.45) is 2.60. The van der Waals surface area contributed by atoms with Gasteiger partial charge in [-0.3, -0.25) is 4.79 Å². The number of ether oxygens (including phenoxy) is 2. The average Bonchev–Trinajstić information content (AvgIpc) is 2.37. The predicted octanol–water partition coefficient (Wildman–Crippen LogP) is 0.478. The molecule has 0 unspecified atom stereocenters. The Balaban J connectivity index is 2.28. The lowest BCUT2D eigenvalue weighted by Gasteiger charge is -2.29. The Bertz CT molecular complexity index is 219. The van der Waals surface area contributed by atoms with Gasteiger partial charge in [-0.15, -0.1) is 0 Å². The van der Waals surface area contributed by atoms with E-state index >= 15 is 0 Å². The SMILES string of the molecule is CCOC(=O)C1CCC(OC(CO)CO)CC1. The molecule has 0 saturated heterocycles. The van der Waals surface area contributed by atoms with Crippen LogP contribution in [-0.2, 0) is 14.3 Å². The van der Waals surface area contributed by atoms with Crippen molar-refractivity contribution in [2.24, 2.45) is 5.92 Å². The number of rotatable bonds is 6. The Hall–Kier alpha value is -0.650. The van der Waals surface area contributed by atoms with Crippen LogP contribution in [0.4, 0.5) is 0 Å². The number of esters is 1. The molecular weight excluding hydrogens is 224 g/mol. The van der Waals surface area contributed by atoms with Gasteiger partial charge in [-0.2, -0.15) is 0 Å². The molecule has 1 aliphatic carbocycles. The third-order valence-corrected chi connectivity index (χ3v) is 3.09. The topological polar surface area (TPSA) is 76.0 Å². The maximum absolute atomic E-state index is 11.5. The van der Waals surface area contributed by atoms with Gasteiger partial charge in [0.25, 0.3) is 0 Å². The minimum Gasteiger partial charge on any atom is -0.466 e. The van der Waals surface area contributed by atoms with E-state index in [0.717, 1.165) is 25.7 Å². The molecule has 0 spiro atoms. The van der Waals surface area contributed by atoms with E-state index in [4.69, 9.17) is 19.7 Å². The van der Waals surface area contributed by atoms with Gasteiger partial charge in [0.05, 0.1) is 31.8 Å². The molecule has 17 heavy (non-hydrogen) atoms. The van der Waals surface area contributed by atoms with Crippen molar-refractivity contribution in [3.05, 3.63) is 0 Å². The number of hydrogen-bond acceptors (Lipinski definition) is 5. The molecule has 1 fully saturated rings.